The van der Waals surface area contributed by atoms with Crippen LogP contribution in [-0.2, 0) is 11.2 Å². The molecule has 5 nitrogen and oxygen atoms in total. The van der Waals surface area contributed by atoms with Gasteiger partial charge in [-0.3, -0.25) is 14.5 Å². The van der Waals surface area contributed by atoms with Crippen LogP contribution in [0.15, 0.2) is 48.5 Å². The maximum absolute atomic E-state index is 13.0. The summed E-state index contributed by atoms with van der Waals surface area (Å²) in [5.41, 5.74) is 2.45. The molecule has 0 aromatic heterocycles. The largest absolute Gasteiger partial charge is 0.336 e. The zero-order valence-electron chi connectivity index (χ0n) is 15.5. The molecule has 0 spiro atoms. The second-order valence-corrected chi connectivity index (χ2v) is 6.63. The molecule has 1 heterocycles. The Bertz CT molecular complexity index is 799. The lowest BCUT2D eigenvalue weighted by Gasteiger charge is -2.34. The minimum atomic E-state index is -0.355. The predicted octanol–water partition coefficient (Wildman–Crippen LogP) is 2.78. The lowest BCUT2D eigenvalue weighted by molar-refractivity contribution is -0.117. The van der Waals surface area contributed by atoms with E-state index in [1.54, 1.807) is 4.90 Å². The summed E-state index contributed by atoms with van der Waals surface area (Å²) < 4.78 is 13.0. The number of hydrogen-bond donors (Lipinski definition) is 1. The number of rotatable bonds is 5. The third-order valence-electron chi connectivity index (χ3n) is 4.79. The lowest BCUT2D eigenvalue weighted by atomic mass is 10.1. The fourth-order valence-electron chi connectivity index (χ4n) is 3.23. The number of para-hydroxylation sites is 1. The molecule has 0 unspecified atom stereocenters. The SMILES string of the molecule is CCc1ccccc1NC(=O)CN1CCN(C(=O)c2ccc(F)cc2)CC1. The molecular formula is C21H24FN3O2. The molecule has 1 saturated heterocycles. The molecule has 1 aliphatic heterocycles. The topological polar surface area (TPSA) is 52.7 Å². The molecule has 1 N–H and O–H groups in total. The lowest BCUT2D eigenvalue weighted by Crippen LogP contribution is -2.50. The first-order chi connectivity index (χ1) is 13.1. The zero-order valence-corrected chi connectivity index (χ0v) is 15.5. The van der Waals surface area contributed by atoms with Crippen molar-refractivity contribution in [1.82, 2.24) is 9.80 Å². The van der Waals surface area contributed by atoms with Crippen LogP contribution < -0.4 is 5.32 Å². The number of benzene rings is 2. The van der Waals surface area contributed by atoms with Crippen molar-refractivity contribution in [3.05, 3.63) is 65.5 Å². The average Bonchev–Trinajstić information content (AvgIpc) is 2.69. The van der Waals surface area contributed by atoms with Gasteiger partial charge in [-0.15, -0.1) is 0 Å². The normalized spacial score (nSPS) is 14.8. The summed E-state index contributed by atoms with van der Waals surface area (Å²) in [5, 5.41) is 2.98. The van der Waals surface area contributed by atoms with E-state index in [1.807, 2.05) is 29.2 Å². The van der Waals surface area contributed by atoms with Gasteiger partial charge in [0.05, 0.1) is 6.54 Å². The highest BCUT2D eigenvalue weighted by Gasteiger charge is 2.23. The molecule has 1 fully saturated rings. The molecule has 6 heteroatoms. The average molecular weight is 369 g/mol. The number of carbonyl (C=O) groups is 2. The fraction of sp³-hybridized carbons (Fsp3) is 0.333. The Morgan fingerprint density at radius 1 is 1.00 bits per heavy atom. The number of anilines is 1. The molecule has 0 saturated carbocycles. The summed E-state index contributed by atoms with van der Waals surface area (Å²) in [7, 11) is 0. The Morgan fingerprint density at radius 2 is 1.67 bits per heavy atom. The van der Waals surface area contributed by atoms with Crippen molar-refractivity contribution in [1.29, 1.82) is 0 Å². The van der Waals surface area contributed by atoms with Gasteiger partial charge in [-0.2, -0.15) is 0 Å². The molecule has 142 valence electrons. The van der Waals surface area contributed by atoms with Gasteiger partial charge in [0.1, 0.15) is 5.82 Å². The first kappa shape index (κ1) is 19.0. The summed E-state index contributed by atoms with van der Waals surface area (Å²) in [4.78, 5) is 28.6. The third-order valence-corrected chi connectivity index (χ3v) is 4.79. The molecule has 2 amide bonds. The van der Waals surface area contributed by atoms with Crippen LogP contribution in [0, 0.1) is 5.82 Å². The molecule has 0 radical (unpaired) electrons. The van der Waals surface area contributed by atoms with Crippen LogP contribution in [0.4, 0.5) is 10.1 Å². The molecule has 0 atom stereocenters. The minimum Gasteiger partial charge on any atom is -0.336 e. The van der Waals surface area contributed by atoms with Crippen molar-refractivity contribution in [2.45, 2.75) is 13.3 Å². The maximum atomic E-state index is 13.0. The van der Waals surface area contributed by atoms with E-state index in [0.717, 1.165) is 17.7 Å². The molecule has 0 aliphatic carbocycles. The Hall–Kier alpha value is -2.73. The Balaban J connectivity index is 1.49. The van der Waals surface area contributed by atoms with Crippen LogP contribution >= 0.6 is 0 Å². The van der Waals surface area contributed by atoms with Crippen LogP contribution in [0.25, 0.3) is 0 Å². The monoisotopic (exact) mass is 369 g/mol. The van der Waals surface area contributed by atoms with Crippen molar-refractivity contribution in [3.63, 3.8) is 0 Å². The fourth-order valence-corrected chi connectivity index (χ4v) is 3.23. The van der Waals surface area contributed by atoms with E-state index in [0.29, 0.717) is 38.3 Å². The van der Waals surface area contributed by atoms with E-state index in [9.17, 15) is 14.0 Å². The molecular weight excluding hydrogens is 345 g/mol. The van der Waals surface area contributed by atoms with Gasteiger partial charge in [-0.05, 0) is 42.3 Å². The molecule has 1 aliphatic rings. The van der Waals surface area contributed by atoms with Crippen molar-refractivity contribution >= 4 is 17.5 Å². The number of halogens is 1. The highest BCUT2D eigenvalue weighted by Crippen LogP contribution is 2.15. The number of hydrogen-bond acceptors (Lipinski definition) is 3. The Labute approximate surface area is 158 Å². The summed E-state index contributed by atoms with van der Waals surface area (Å²) in [6.45, 7) is 4.73. The highest BCUT2D eigenvalue weighted by atomic mass is 19.1. The number of aryl methyl sites for hydroxylation is 1. The summed E-state index contributed by atoms with van der Waals surface area (Å²) >= 11 is 0. The molecule has 0 bridgehead atoms. The number of nitrogens with zero attached hydrogens (tertiary/aromatic N) is 2. The van der Waals surface area contributed by atoms with Gasteiger partial charge in [-0.25, -0.2) is 4.39 Å². The number of nitrogens with one attached hydrogen (secondary N) is 1. The van der Waals surface area contributed by atoms with Crippen molar-refractivity contribution in [3.8, 4) is 0 Å². The van der Waals surface area contributed by atoms with Gasteiger partial charge in [0, 0.05) is 37.4 Å². The first-order valence-electron chi connectivity index (χ1n) is 9.21. The van der Waals surface area contributed by atoms with Gasteiger partial charge in [0.15, 0.2) is 0 Å². The second-order valence-electron chi connectivity index (χ2n) is 6.63. The Kier molecular flexibility index (Phi) is 6.19. The van der Waals surface area contributed by atoms with E-state index in [1.165, 1.54) is 24.3 Å². The second kappa shape index (κ2) is 8.77. The van der Waals surface area contributed by atoms with Gasteiger partial charge in [0.25, 0.3) is 5.91 Å². The van der Waals surface area contributed by atoms with Crippen LogP contribution in [0.5, 0.6) is 0 Å². The number of amides is 2. The third kappa shape index (κ3) is 4.92. The summed E-state index contributed by atoms with van der Waals surface area (Å²) in [5.74, 6) is -0.503. The van der Waals surface area contributed by atoms with Crippen molar-refractivity contribution in [2.75, 3.05) is 38.0 Å². The number of piperazine rings is 1. The van der Waals surface area contributed by atoms with Gasteiger partial charge >= 0.3 is 0 Å². The Morgan fingerprint density at radius 3 is 2.33 bits per heavy atom. The quantitative estimate of drug-likeness (QED) is 0.882. The van der Waals surface area contributed by atoms with Gasteiger partial charge < -0.3 is 10.2 Å². The van der Waals surface area contributed by atoms with E-state index in [4.69, 9.17) is 0 Å². The molecule has 3 rings (SSSR count). The van der Waals surface area contributed by atoms with Crippen LogP contribution in [0.2, 0.25) is 0 Å². The van der Waals surface area contributed by atoms with Crippen LogP contribution in [0.3, 0.4) is 0 Å². The smallest absolute Gasteiger partial charge is 0.253 e. The standard InChI is InChI=1S/C21H24FN3O2/c1-2-16-5-3-4-6-19(16)23-20(26)15-24-11-13-25(14-12-24)21(27)17-7-9-18(22)10-8-17/h3-10H,2,11-15H2,1H3,(H,23,26). The van der Waals surface area contributed by atoms with Crippen molar-refractivity contribution in [2.24, 2.45) is 0 Å². The van der Waals surface area contributed by atoms with Crippen LogP contribution in [0.1, 0.15) is 22.8 Å². The first-order valence-corrected chi connectivity index (χ1v) is 9.21. The molecule has 2 aromatic rings. The van der Waals surface area contributed by atoms with E-state index in [2.05, 4.69) is 12.2 Å². The summed E-state index contributed by atoms with van der Waals surface area (Å²) in [6, 6.07) is 13.4. The van der Waals surface area contributed by atoms with Crippen molar-refractivity contribution < 1.29 is 14.0 Å². The van der Waals surface area contributed by atoms with E-state index < -0.39 is 0 Å². The molecule has 27 heavy (non-hydrogen) atoms. The van der Waals surface area contributed by atoms with Gasteiger partial charge in [-0.1, -0.05) is 25.1 Å². The number of carbonyl (C=O) groups excluding carboxylic acids is 2. The van der Waals surface area contributed by atoms with E-state index in [-0.39, 0.29) is 17.6 Å². The van der Waals surface area contributed by atoms with Gasteiger partial charge in [0.2, 0.25) is 5.91 Å². The van der Waals surface area contributed by atoms with Crippen LogP contribution in [-0.4, -0.2) is 54.3 Å². The maximum Gasteiger partial charge on any atom is 0.253 e. The zero-order chi connectivity index (χ0) is 19.2. The minimum absolute atomic E-state index is 0.0470. The highest BCUT2D eigenvalue weighted by molar-refractivity contribution is 5.94. The molecule has 2 aromatic carbocycles. The summed E-state index contributed by atoms with van der Waals surface area (Å²) in [6.07, 6.45) is 0.862. The van der Waals surface area contributed by atoms with E-state index >= 15 is 0 Å². The predicted molar refractivity (Wildman–Crippen MR) is 103 cm³/mol.